The highest BCUT2D eigenvalue weighted by atomic mass is 32.2. The molecule has 4 aromatic rings. The second kappa shape index (κ2) is 8.82. The summed E-state index contributed by atoms with van der Waals surface area (Å²) >= 11 is 0. The standard InChI is InChI=1S/C25H20O6S/c1-2-24(26)31-23(17-8-4-3-5-9-17)16-30-25-21-11-7-6-10-18(21)14-19-12-13-20(15-22(19)25)32(27,28)29/h2-15,23H,1,16H2,(H,27,28,29). The zero-order valence-electron chi connectivity index (χ0n) is 17.0. The van der Waals surface area contributed by atoms with E-state index in [4.69, 9.17) is 9.47 Å². The van der Waals surface area contributed by atoms with Crippen molar-refractivity contribution in [3.63, 3.8) is 0 Å². The summed E-state index contributed by atoms with van der Waals surface area (Å²) in [6.45, 7) is 3.43. The van der Waals surface area contributed by atoms with Gasteiger partial charge in [-0.15, -0.1) is 0 Å². The van der Waals surface area contributed by atoms with Gasteiger partial charge in [0.25, 0.3) is 10.1 Å². The maximum atomic E-state index is 11.9. The van der Waals surface area contributed by atoms with E-state index < -0.39 is 22.2 Å². The van der Waals surface area contributed by atoms with Crippen LogP contribution in [0.1, 0.15) is 11.7 Å². The second-order valence-corrected chi connectivity index (χ2v) is 8.56. The number of hydrogen-bond acceptors (Lipinski definition) is 5. The number of benzene rings is 4. The zero-order chi connectivity index (χ0) is 22.7. The van der Waals surface area contributed by atoms with Crippen molar-refractivity contribution < 1.29 is 27.2 Å². The average Bonchev–Trinajstić information content (AvgIpc) is 2.80. The molecule has 0 aliphatic heterocycles. The van der Waals surface area contributed by atoms with E-state index in [9.17, 15) is 17.8 Å². The SMILES string of the molecule is C=CC(=O)OC(COc1c2ccccc2cc2ccc(S(=O)(=O)O)cc12)c1ccccc1. The van der Waals surface area contributed by atoms with E-state index >= 15 is 0 Å². The highest BCUT2D eigenvalue weighted by Gasteiger charge is 2.19. The molecule has 0 saturated carbocycles. The van der Waals surface area contributed by atoms with Crippen molar-refractivity contribution in [3.05, 3.63) is 97.1 Å². The zero-order valence-corrected chi connectivity index (χ0v) is 17.8. The first kappa shape index (κ1) is 21.5. The monoisotopic (exact) mass is 448 g/mol. The minimum Gasteiger partial charge on any atom is -0.488 e. The summed E-state index contributed by atoms with van der Waals surface area (Å²) in [6, 6.07) is 22.9. The molecular weight excluding hydrogens is 428 g/mol. The molecule has 6 nitrogen and oxygen atoms in total. The molecule has 0 amide bonds. The van der Waals surface area contributed by atoms with Crippen LogP contribution >= 0.6 is 0 Å². The molecular formula is C25H20O6S. The van der Waals surface area contributed by atoms with Crippen LogP contribution in [-0.2, 0) is 19.6 Å². The lowest BCUT2D eigenvalue weighted by molar-refractivity contribution is -0.144. The van der Waals surface area contributed by atoms with Gasteiger partial charge in [0.1, 0.15) is 12.4 Å². The Morgan fingerprint density at radius 3 is 2.34 bits per heavy atom. The van der Waals surface area contributed by atoms with Gasteiger partial charge in [0, 0.05) is 16.8 Å². The number of hydrogen-bond donors (Lipinski definition) is 1. The molecule has 0 aromatic heterocycles. The molecule has 4 aromatic carbocycles. The van der Waals surface area contributed by atoms with Crippen molar-refractivity contribution in [1.82, 2.24) is 0 Å². The number of fused-ring (bicyclic) bond motifs is 2. The molecule has 0 fully saturated rings. The van der Waals surface area contributed by atoms with Gasteiger partial charge in [-0.05, 0) is 34.5 Å². The van der Waals surface area contributed by atoms with Gasteiger partial charge in [0.2, 0.25) is 0 Å². The van der Waals surface area contributed by atoms with E-state index in [-0.39, 0.29) is 11.5 Å². The summed E-state index contributed by atoms with van der Waals surface area (Å²) in [6.07, 6.45) is 0.377. The summed E-state index contributed by atoms with van der Waals surface area (Å²) in [4.78, 5) is 11.7. The van der Waals surface area contributed by atoms with Crippen LogP contribution in [0.5, 0.6) is 5.75 Å². The number of ether oxygens (including phenoxy) is 2. The average molecular weight is 448 g/mol. The molecule has 0 radical (unpaired) electrons. The van der Waals surface area contributed by atoms with Crippen molar-refractivity contribution in [2.45, 2.75) is 11.0 Å². The van der Waals surface area contributed by atoms with Crippen LogP contribution in [0, 0.1) is 0 Å². The van der Waals surface area contributed by atoms with Gasteiger partial charge < -0.3 is 9.47 Å². The predicted octanol–water partition coefficient (Wildman–Crippen LogP) is 5.09. The van der Waals surface area contributed by atoms with Gasteiger partial charge in [0.15, 0.2) is 6.10 Å². The molecule has 1 N–H and O–H groups in total. The van der Waals surface area contributed by atoms with Crippen molar-refractivity contribution in [3.8, 4) is 5.75 Å². The lowest BCUT2D eigenvalue weighted by atomic mass is 10.0. The normalized spacial score (nSPS) is 12.4. The molecule has 4 rings (SSSR count). The Labute approximate surface area is 185 Å². The maximum absolute atomic E-state index is 11.9. The quantitative estimate of drug-likeness (QED) is 0.183. The number of esters is 1. The molecule has 7 heteroatoms. The summed E-state index contributed by atoms with van der Waals surface area (Å²) in [5.41, 5.74) is 0.742. The van der Waals surface area contributed by atoms with Gasteiger partial charge >= 0.3 is 5.97 Å². The Balaban J connectivity index is 1.81. The molecule has 0 spiro atoms. The van der Waals surface area contributed by atoms with Crippen molar-refractivity contribution >= 4 is 37.6 Å². The molecule has 162 valence electrons. The van der Waals surface area contributed by atoms with E-state index in [1.54, 1.807) is 6.07 Å². The largest absolute Gasteiger partial charge is 0.488 e. The molecule has 1 atom stereocenters. The van der Waals surface area contributed by atoms with E-state index in [1.165, 1.54) is 12.1 Å². The van der Waals surface area contributed by atoms with Crippen LogP contribution in [0.25, 0.3) is 21.5 Å². The molecule has 0 aliphatic carbocycles. The lowest BCUT2D eigenvalue weighted by Gasteiger charge is -2.20. The minimum absolute atomic E-state index is 0.0111. The number of carbonyl (C=O) groups excluding carboxylic acids is 1. The number of carbonyl (C=O) groups is 1. The molecule has 0 saturated heterocycles. The van der Waals surface area contributed by atoms with Gasteiger partial charge in [-0.25, -0.2) is 4.79 Å². The van der Waals surface area contributed by atoms with Crippen LogP contribution in [0.4, 0.5) is 0 Å². The first-order valence-corrected chi connectivity index (χ1v) is 11.2. The van der Waals surface area contributed by atoms with Crippen LogP contribution in [0.2, 0.25) is 0 Å². The van der Waals surface area contributed by atoms with E-state index in [2.05, 4.69) is 6.58 Å². The third-order valence-corrected chi connectivity index (χ3v) is 5.91. The Bertz CT molecular complexity index is 1410. The molecule has 1 unspecified atom stereocenters. The van der Waals surface area contributed by atoms with Crippen LogP contribution in [0.15, 0.2) is 96.4 Å². The van der Waals surface area contributed by atoms with Gasteiger partial charge in [-0.3, -0.25) is 4.55 Å². The van der Waals surface area contributed by atoms with Crippen LogP contribution in [0.3, 0.4) is 0 Å². The third-order valence-electron chi connectivity index (χ3n) is 5.06. The predicted molar refractivity (Wildman–Crippen MR) is 122 cm³/mol. The first-order chi connectivity index (χ1) is 15.4. The van der Waals surface area contributed by atoms with Crippen molar-refractivity contribution in [2.24, 2.45) is 0 Å². The minimum atomic E-state index is -4.39. The lowest BCUT2D eigenvalue weighted by Crippen LogP contribution is -2.17. The molecule has 0 bridgehead atoms. The van der Waals surface area contributed by atoms with E-state index in [1.807, 2.05) is 60.7 Å². The van der Waals surface area contributed by atoms with Crippen molar-refractivity contribution in [1.29, 1.82) is 0 Å². The Kier molecular flexibility index (Phi) is 5.94. The molecule has 0 heterocycles. The van der Waals surface area contributed by atoms with Gasteiger partial charge in [-0.2, -0.15) is 8.42 Å². The fourth-order valence-corrected chi connectivity index (χ4v) is 4.04. The Morgan fingerprint density at radius 1 is 0.938 bits per heavy atom. The fourth-order valence-electron chi connectivity index (χ4n) is 3.53. The highest BCUT2D eigenvalue weighted by Crippen LogP contribution is 2.37. The Morgan fingerprint density at radius 2 is 1.62 bits per heavy atom. The summed E-state index contributed by atoms with van der Waals surface area (Å²) in [5.74, 6) is -0.155. The smallest absolute Gasteiger partial charge is 0.330 e. The van der Waals surface area contributed by atoms with Crippen LogP contribution < -0.4 is 4.74 Å². The van der Waals surface area contributed by atoms with Crippen molar-refractivity contribution in [2.75, 3.05) is 6.61 Å². The third kappa shape index (κ3) is 4.49. The van der Waals surface area contributed by atoms with E-state index in [0.717, 1.165) is 27.8 Å². The first-order valence-electron chi connectivity index (χ1n) is 9.80. The number of rotatable bonds is 7. The fraction of sp³-hybridized carbons (Fsp3) is 0.0800. The van der Waals surface area contributed by atoms with E-state index in [0.29, 0.717) is 11.1 Å². The van der Waals surface area contributed by atoms with Crippen LogP contribution in [-0.4, -0.2) is 25.5 Å². The maximum Gasteiger partial charge on any atom is 0.330 e. The van der Waals surface area contributed by atoms with Gasteiger partial charge in [-0.1, -0.05) is 67.2 Å². The van der Waals surface area contributed by atoms with Gasteiger partial charge in [0.05, 0.1) is 4.90 Å². The Hall–Kier alpha value is -3.68. The summed E-state index contributed by atoms with van der Waals surface area (Å²) in [5, 5.41) is 2.91. The molecule has 32 heavy (non-hydrogen) atoms. The highest BCUT2D eigenvalue weighted by molar-refractivity contribution is 7.85. The molecule has 0 aliphatic rings. The second-order valence-electron chi connectivity index (χ2n) is 7.14. The topological polar surface area (TPSA) is 89.9 Å². The summed E-state index contributed by atoms with van der Waals surface area (Å²) < 4.78 is 44.6. The summed E-state index contributed by atoms with van der Waals surface area (Å²) in [7, 11) is -4.39.